The second kappa shape index (κ2) is 6.09. The Bertz CT molecular complexity index is 538. The fraction of sp³-hybridized carbons (Fsp3) is 0.385. The smallest absolute Gasteiger partial charge is 0.321 e. The third-order valence-electron chi connectivity index (χ3n) is 3.23. The van der Waals surface area contributed by atoms with E-state index in [0.717, 1.165) is 6.07 Å². The van der Waals surface area contributed by atoms with E-state index >= 15 is 0 Å². The number of piperidine rings is 1. The van der Waals surface area contributed by atoms with Gasteiger partial charge in [-0.1, -0.05) is 11.6 Å². The lowest BCUT2D eigenvalue weighted by Crippen LogP contribution is -2.44. The van der Waals surface area contributed by atoms with Gasteiger partial charge >= 0.3 is 12.0 Å². The van der Waals surface area contributed by atoms with Crippen LogP contribution in [0.5, 0.6) is 0 Å². The van der Waals surface area contributed by atoms with Crippen LogP contribution in [0.15, 0.2) is 18.2 Å². The first kappa shape index (κ1) is 14.6. The number of hydrogen-bond acceptors (Lipinski definition) is 2. The van der Waals surface area contributed by atoms with Crippen molar-refractivity contribution in [3.05, 3.63) is 29.0 Å². The molecule has 1 aliphatic heterocycles. The van der Waals surface area contributed by atoms with E-state index in [1.165, 1.54) is 17.0 Å². The standard InChI is InChI=1S/C13H14ClFN2O3/c14-9-3-4-11(10(15)6-9)16-13(20)17-5-1-2-8(7-17)12(18)19/h3-4,6,8H,1-2,5,7H2,(H,16,20)(H,18,19)/t8-/m0/s1. The van der Waals surface area contributed by atoms with Crippen molar-refractivity contribution in [3.63, 3.8) is 0 Å². The first-order valence-electron chi connectivity index (χ1n) is 6.21. The van der Waals surface area contributed by atoms with E-state index in [1.54, 1.807) is 0 Å². The van der Waals surface area contributed by atoms with E-state index in [-0.39, 0.29) is 17.3 Å². The molecule has 2 rings (SSSR count). The minimum Gasteiger partial charge on any atom is -0.481 e. The number of carboxylic acids is 1. The van der Waals surface area contributed by atoms with E-state index in [1.807, 2.05) is 0 Å². The Kier molecular flexibility index (Phi) is 4.44. The number of nitrogens with one attached hydrogen (secondary N) is 1. The second-order valence-corrected chi connectivity index (χ2v) is 5.11. The predicted molar refractivity (Wildman–Crippen MR) is 72.4 cm³/mol. The second-order valence-electron chi connectivity index (χ2n) is 4.68. The summed E-state index contributed by atoms with van der Waals surface area (Å²) in [7, 11) is 0. The summed E-state index contributed by atoms with van der Waals surface area (Å²) < 4.78 is 13.6. The molecule has 0 aromatic heterocycles. The van der Waals surface area contributed by atoms with Crippen LogP contribution in [0.25, 0.3) is 0 Å². The van der Waals surface area contributed by atoms with Gasteiger partial charge in [-0.25, -0.2) is 9.18 Å². The van der Waals surface area contributed by atoms with E-state index in [2.05, 4.69) is 5.32 Å². The predicted octanol–water partition coefficient (Wildman–Crippen LogP) is 2.81. The van der Waals surface area contributed by atoms with Crippen LogP contribution in [0, 0.1) is 11.7 Å². The highest BCUT2D eigenvalue weighted by Crippen LogP contribution is 2.21. The number of amides is 2. The first-order chi connectivity index (χ1) is 9.47. The number of benzene rings is 1. The molecule has 0 bridgehead atoms. The van der Waals surface area contributed by atoms with Crippen molar-refractivity contribution in [2.45, 2.75) is 12.8 Å². The van der Waals surface area contributed by atoms with Crippen molar-refractivity contribution in [1.82, 2.24) is 4.90 Å². The van der Waals surface area contributed by atoms with E-state index < -0.39 is 23.7 Å². The van der Waals surface area contributed by atoms with Crippen molar-refractivity contribution in [3.8, 4) is 0 Å². The van der Waals surface area contributed by atoms with Crippen LogP contribution in [0.4, 0.5) is 14.9 Å². The normalized spacial score (nSPS) is 18.7. The summed E-state index contributed by atoms with van der Waals surface area (Å²) in [5.74, 6) is -2.11. The third-order valence-corrected chi connectivity index (χ3v) is 3.47. The molecule has 20 heavy (non-hydrogen) atoms. The van der Waals surface area contributed by atoms with Crippen molar-refractivity contribution in [2.75, 3.05) is 18.4 Å². The molecule has 0 spiro atoms. The van der Waals surface area contributed by atoms with Crippen LogP contribution in [0.2, 0.25) is 5.02 Å². The molecule has 2 N–H and O–H groups in total. The summed E-state index contributed by atoms with van der Waals surface area (Å²) in [4.78, 5) is 24.3. The first-order valence-corrected chi connectivity index (χ1v) is 6.59. The zero-order valence-electron chi connectivity index (χ0n) is 10.6. The molecule has 1 aliphatic rings. The molecule has 1 heterocycles. The van der Waals surface area contributed by atoms with Gasteiger partial charge in [0.15, 0.2) is 0 Å². The Hall–Kier alpha value is -1.82. The minimum atomic E-state index is -0.917. The average molecular weight is 301 g/mol. The monoisotopic (exact) mass is 300 g/mol. The Labute approximate surface area is 120 Å². The summed E-state index contributed by atoms with van der Waals surface area (Å²) >= 11 is 5.63. The number of nitrogens with zero attached hydrogens (tertiary/aromatic N) is 1. The van der Waals surface area contributed by atoms with Crippen molar-refractivity contribution < 1.29 is 19.1 Å². The fourth-order valence-corrected chi connectivity index (χ4v) is 2.31. The number of halogens is 2. The van der Waals surface area contributed by atoms with E-state index in [0.29, 0.717) is 19.4 Å². The number of carbonyl (C=O) groups is 2. The van der Waals surface area contributed by atoms with Gasteiger partial charge in [-0.05, 0) is 31.0 Å². The number of carboxylic acid groups (broad SMARTS) is 1. The Morgan fingerprint density at radius 2 is 2.20 bits per heavy atom. The summed E-state index contributed by atoms with van der Waals surface area (Å²) in [5.41, 5.74) is 0.0249. The lowest BCUT2D eigenvalue weighted by molar-refractivity contribution is -0.143. The number of hydrogen-bond donors (Lipinski definition) is 2. The molecule has 0 unspecified atom stereocenters. The van der Waals surface area contributed by atoms with Crippen LogP contribution in [0.1, 0.15) is 12.8 Å². The van der Waals surface area contributed by atoms with Gasteiger partial charge in [0.25, 0.3) is 0 Å². The molecule has 5 nitrogen and oxygen atoms in total. The van der Waals surface area contributed by atoms with Gasteiger partial charge < -0.3 is 15.3 Å². The van der Waals surface area contributed by atoms with Gasteiger partial charge in [0, 0.05) is 18.1 Å². The maximum absolute atomic E-state index is 13.6. The van der Waals surface area contributed by atoms with Gasteiger partial charge in [-0.2, -0.15) is 0 Å². The molecule has 108 valence electrons. The average Bonchev–Trinajstić information content (AvgIpc) is 2.42. The fourth-order valence-electron chi connectivity index (χ4n) is 2.15. The van der Waals surface area contributed by atoms with Crippen molar-refractivity contribution in [1.29, 1.82) is 0 Å². The summed E-state index contributed by atoms with van der Waals surface area (Å²) in [6.45, 7) is 0.598. The molecule has 1 fully saturated rings. The highest BCUT2D eigenvalue weighted by Gasteiger charge is 2.28. The summed E-state index contributed by atoms with van der Waals surface area (Å²) in [6.07, 6.45) is 1.17. The Balaban J connectivity index is 2.02. The zero-order chi connectivity index (χ0) is 14.7. The summed E-state index contributed by atoms with van der Waals surface area (Å²) in [5, 5.41) is 11.6. The molecule has 0 radical (unpaired) electrons. The lowest BCUT2D eigenvalue weighted by Gasteiger charge is -2.30. The van der Waals surface area contributed by atoms with Crippen molar-refractivity contribution >= 4 is 29.3 Å². The molecule has 2 amide bonds. The maximum Gasteiger partial charge on any atom is 0.321 e. The number of urea groups is 1. The highest BCUT2D eigenvalue weighted by atomic mass is 35.5. The highest BCUT2D eigenvalue weighted by molar-refractivity contribution is 6.30. The Morgan fingerprint density at radius 3 is 2.85 bits per heavy atom. The van der Waals surface area contributed by atoms with Gasteiger partial charge in [0.05, 0.1) is 11.6 Å². The number of carbonyl (C=O) groups excluding carboxylic acids is 1. The molecule has 1 aromatic rings. The van der Waals surface area contributed by atoms with Gasteiger partial charge in [-0.3, -0.25) is 4.79 Å². The molecule has 1 saturated heterocycles. The quantitative estimate of drug-likeness (QED) is 0.882. The molecular weight excluding hydrogens is 287 g/mol. The Morgan fingerprint density at radius 1 is 1.45 bits per heavy atom. The van der Waals surface area contributed by atoms with Crippen molar-refractivity contribution in [2.24, 2.45) is 5.92 Å². The van der Waals surface area contributed by atoms with Crippen LogP contribution >= 0.6 is 11.6 Å². The third kappa shape index (κ3) is 3.39. The van der Waals surface area contributed by atoms with Crippen LogP contribution < -0.4 is 5.32 Å². The topological polar surface area (TPSA) is 69.6 Å². The molecule has 0 saturated carbocycles. The number of anilines is 1. The number of likely N-dealkylation sites (tertiary alicyclic amines) is 1. The maximum atomic E-state index is 13.6. The van der Waals surface area contributed by atoms with Gasteiger partial charge in [0.2, 0.25) is 0 Å². The van der Waals surface area contributed by atoms with E-state index in [4.69, 9.17) is 16.7 Å². The summed E-state index contributed by atoms with van der Waals surface area (Å²) in [6, 6.07) is 3.44. The van der Waals surface area contributed by atoms with Gasteiger partial charge in [0.1, 0.15) is 5.82 Å². The molecular formula is C13H14ClFN2O3. The zero-order valence-corrected chi connectivity index (χ0v) is 11.4. The molecule has 7 heteroatoms. The van der Waals surface area contributed by atoms with Crippen LogP contribution in [-0.2, 0) is 4.79 Å². The van der Waals surface area contributed by atoms with Crippen LogP contribution in [0.3, 0.4) is 0 Å². The number of aliphatic carboxylic acids is 1. The number of rotatable bonds is 2. The van der Waals surface area contributed by atoms with Crippen LogP contribution in [-0.4, -0.2) is 35.1 Å². The molecule has 1 aromatic carbocycles. The lowest BCUT2D eigenvalue weighted by atomic mass is 9.99. The SMILES string of the molecule is O=C(O)[C@H]1CCCN(C(=O)Nc2ccc(Cl)cc2F)C1. The van der Waals surface area contributed by atoms with E-state index in [9.17, 15) is 14.0 Å². The molecule has 0 aliphatic carbocycles. The van der Waals surface area contributed by atoms with Gasteiger partial charge in [-0.15, -0.1) is 0 Å². The largest absolute Gasteiger partial charge is 0.481 e. The minimum absolute atomic E-state index is 0.0249. The molecule has 1 atom stereocenters.